The zero-order valence-electron chi connectivity index (χ0n) is 4.01. The van der Waals surface area contributed by atoms with Gasteiger partial charge in [0.25, 0.3) is 0 Å². The first kappa shape index (κ1) is 5.20. The van der Waals surface area contributed by atoms with E-state index in [1.165, 1.54) is 4.63 Å². The van der Waals surface area contributed by atoms with E-state index in [-0.39, 0.29) is 0 Å². The van der Waals surface area contributed by atoms with Crippen molar-refractivity contribution in [3.8, 4) is 0 Å². The maximum absolute atomic E-state index is 4.02. The van der Waals surface area contributed by atoms with Gasteiger partial charge >= 0.3 is 0 Å². The van der Waals surface area contributed by atoms with Crippen molar-refractivity contribution in [1.82, 2.24) is 4.75 Å². The molecule has 0 bridgehead atoms. The topological polar surface area (TPSA) is 12.9 Å². The van der Waals surface area contributed by atoms with Gasteiger partial charge in [0.2, 0.25) is 0 Å². The lowest BCUT2D eigenvalue weighted by Gasteiger charge is -1.78. The number of rotatable bonds is 1. The quantitative estimate of drug-likeness (QED) is 0.539. The van der Waals surface area contributed by atoms with Crippen LogP contribution < -0.4 is 0 Å². The summed E-state index contributed by atoms with van der Waals surface area (Å²) in [6.45, 7) is 0. The molecule has 7 heavy (non-hydrogen) atoms. The third-order valence-corrected chi connectivity index (χ3v) is 2.82. The third-order valence-electron chi connectivity index (χ3n) is 0.695. The number of hydrogen-bond acceptors (Lipinski definition) is 2. The van der Waals surface area contributed by atoms with Gasteiger partial charge in [-0.15, -0.1) is 11.8 Å². The summed E-state index contributed by atoms with van der Waals surface area (Å²) in [5.41, 5.74) is 0. The summed E-state index contributed by atoms with van der Waals surface area (Å²) in [7, 11) is 0.693. The first-order valence-corrected chi connectivity index (χ1v) is 4.14. The summed E-state index contributed by atoms with van der Waals surface area (Å²) in [4.78, 5) is 0. The van der Waals surface area contributed by atoms with Crippen LogP contribution in [0.4, 0.5) is 0 Å². The van der Waals surface area contributed by atoms with Crippen molar-refractivity contribution >= 4 is 20.1 Å². The molecular weight excluding hydrogens is 125 g/mol. The lowest BCUT2D eigenvalue weighted by Crippen LogP contribution is -1.44. The van der Waals surface area contributed by atoms with E-state index in [4.69, 9.17) is 0 Å². The average Bonchev–Trinajstić information content (AvgIpc) is 2.14. The minimum Gasteiger partial charge on any atom is -0.248 e. The molecule has 38 valence electrons. The Morgan fingerprint density at radius 1 is 1.86 bits per heavy atom. The highest BCUT2D eigenvalue weighted by molar-refractivity contribution is 8.00. The minimum absolute atomic E-state index is 0.693. The average molecular weight is 131 g/mol. The molecule has 1 unspecified atom stereocenters. The summed E-state index contributed by atoms with van der Waals surface area (Å²) < 4.78 is 5.41. The van der Waals surface area contributed by atoms with Gasteiger partial charge in [-0.2, -0.15) is 0 Å². The summed E-state index contributed by atoms with van der Waals surface area (Å²) in [5.74, 6) is 0. The first-order chi connectivity index (χ1) is 3.43. The van der Waals surface area contributed by atoms with Gasteiger partial charge in [0, 0.05) is 10.8 Å². The van der Waals surface area contributed by atoms with Crippen molar-refractivity contribution in [3.05, 3.63) is 12.3 Å². The second kappa shape index (κ2) is 2.39. The zero-order chi connectivity index (χ0) is 5.11. The van der Waals surface area contributed by atoms with Crippen LogP contribution in [0.15, 0.2) is 16.9 Å². The summed E-state index contributed by atoms with van der Waals surface area (Å²) in [5, 5.41) is 0. The van der Waals surface area contributed by atoms with E-state index in [1.54, 1.807) is 11.8 Å². The van der Waals surface area contributed by atoms with E-state index in [0.29, 0.717) is 8.35 Å². The Labute approximate surface area is 48.7 Å². The number of aromatic nitrogens is 1. The molecule has 0 spiro atoms. The zero-order valence-corrected chi connectivity index (χ0v) is 5.83. The van der Waals surface area contributed by atoms with Gasteiger partial charge in [0.15, 0.2) is 0 Å². The Morgan fingerprint density at radius 3 is 3.00 bits per heavy atom. The molecule has 0 N–H and O–H groups in total. The predicted molar refractivity (Wildman–Crippen MR) is 35.5 cm³/mol. The molecular formula is C4H6NPS. The van der Waals surface area contributed by atoms with Crippen molar-refractivity contribution in [2.75, 3.05) is 6.26 Å². The fourth-order valence-corrected chi connectivity index (χ4v) is 1.50. The van der Waals surface area contributed by atoms with Crippen LogP contribution in [0, 0.1) is 0 Å². The molecule has 0 saturated carbocycles. The van der Waals surface area contributed by atoms with E-state index in [0.717, 1.165) is 0 Å². The summed E-state index contributed by atoms with van der Waals surface area (Å²) in [6.07, 6.45) is 3.94. The molecule has 0 aliphatic heterocycles. The highest BCUT2D eigenvalue weighted by Gasteiger charge is 1.83. The van der Waals surface area contributed by atoms with Gasteiger partial charge in [0.1, 0.15) is 0 Å². The fraction of sp³-hybridized carbons (Fsp3) is 0.250. The number of thioether (sulfide) groups is 1. The van der Waals surface area contributed by atoms with Gasteiger partial charge in [-0.05, 0) is 20.7 Å². The van der Waals surface area contributed by atoms with Crippen molar-refractivity contribution in [3.63, 3.8) is 0 Å². The maximum Gasteiger partial charge on any atom is 0.0425 e. The van der Waals surface area contributed by atoms with Gasteiger partial charge in [0.05, 0.1) is 0 Å². The monoisotopic (exact) mass is 131 g/mol. The molecule has 1 heterocycles. The smallest absolute Gasteiger partial charge is 0.0425 e. The first-order valence-electron chi connectivity index (χ1n) is 1.97. The van der Waals surface area contributed by atoms with E-state index in [1.807, 2.05) is 6.20 Å². The molecule has 1 aromatic heterocycles. The van der Waals surface area contributed by atoms with Gasteiger partial charge in [-0.3, -0.25) is 0 Å². The molecule has 0 saturated heterocycles. The maximum atomic E-state index is 4.02. The Hall–Kier alpha value is 0.0600. The van der Waals surface area contributed by atoms with Crippen molar-refractivity contribution in [2.24, 2.45) is 0 Å². The minimum atomic E-state index is 0.693. The largest absolute Gasteiger partial charge is 0.248 e. The van der Waals surface area contributed by atoms with Crippen LogP contribution in [-0.2, 0) is 0 Å². The summed E-state index contributed by atoms with van der Waals surface area (Å²) in [6, 6.07) is 2.06. The molecule has 0 fully saturated rings. The van der Waals surface area contributed by atoms with E-state index >= 15 is 0 Å². The lowest BCUT2D eigenvalue weighted by molar-refractivity contribution is 1.57. The van der Waals surface area contributed by atoms with Crippen LogP contribution >= 0.6 is 20.1 Å². The fourth-order valence-electron chi connectivity index (χ4n) is 0.357. The van der Waals surface area contributed by atoms with Crippen LogP contribution in [-0.4, -0.2) is 11.0 Å². The molecule has 0 aliphatic carbocycles. The van der Waals surface area contributed by atoms with Gasteiger partial charge in [-0.25, -0.2) is 4.75 Å². The predicted octanol–water partition coefficient (Wildman–Crippen LogP) is 1.83. The van der Waals surface area contributed by atoms with Crippen LogP contribution in [0.5, 0.6) is 0 Å². The molecule has 1 rings (SSSR count). The normalized spacial score (nSPS) is 10.4. The molecule has 0 radical (unpaired) electrons. The lowest BCUT2D eigenvalue weighted by atomic mass is 10.8. The number of nitrogens with zero attached hydrogens (tertiary/aromatic N) is 1. The molecule has 1 atom stereocenters. The molecule has 0 aromatic carbocycles. The van der Waals surface area contributed by atoms with Crippen LogP contribution in [0.3, 0.4) is 0 Å². The third kappa shape index (κ3) is 1.22. The molecule has 1 nitrogen and oxygen atoms in total. The highest BCUT2D eigenvalue weighted by Crippen LogP contribution is 2.21. The standard InChI is InChI=1S/C4H6NPS/c1-7-4-2-3-5-6-4/h2-3,6H,1H3. The van der Waals surface area contributed by atoms with Gasteiger partial charge < -0.3 is 0 Å². The number of hydrogen-bond donors (Lipinski definition) is 0. The molecule has 0 aliphatic rings. The van der Waals surface area contributed by atoms with Gasteiger partial charge in [-0.1, -0.05) is 0 Å². The van der Waals surface area contributed by atoms with Crippen molar-refractivity contribution in [1.29, 1.82) is 0 Å². The van der Waals surface area contributed by atoms with Crippen LogP contribution in [0.1, 0.15) is 0 Å². The Bertz CT molecular complexity index is 126. The molecule has 1 aromatic rings. The van der Waals surface area contributed by atoms with Crippen molar-refractivity contribution < 1.29 is 0 Å². The Balaban J connectivity index is 2.76. The molecule has 0 amide bonds. The Kier molecular flexibility index (Phi) is 1.77. The van der Waals surface area contributed by atoms with E-state index < -0.39 is 0 Å². The SMILES string of the molecule is CSc1ccn[pH]1. The Morgan fingerprint density at radius 2 is 2.71 bits per heavy atom. The van der Waals surface area contributed by atoms with E-state index in [9.17, 15) is 0 Å². The second-order valence-electron chi connectivity index (χ2n) is 1.13. The van der Waals surface area contributed by atoms with E-state index in [2.05, 4.69) is 17.1 Å². The highest BCUT2D eigenvalue weighted by atomic mass is 32.2. The second-order valence-corrected chi connectivity index (χ2v) is 3.36. The van der Waals surface area contributed by atoms with Crippen LogP contribution in [0.2, 0.25) is 0 Å². The molecule has 3 heteroatoms. The van der Waals surface area contributed by atoms with Crippen molar-refractivity contribution in [2.45, 2.75) is 4.63 Å². The van der Waals surface area contributed by atoms with Crippen LogP contribution in [0.25, 0.3) is 0 Å². The summed E-state index contributed by atoms with van der Waals surface area (Å²) >= 11 is 1.78.